The number of nitrogens with two attached hydrogens (primary N) is 1. The van der Waals surface area contributed by atoms with Crippen LogP contribution in [0.1, 0.15) is 10.7 Å². The normalized spacial score (nSPS) is 8.67. The Morgan fingerprint density at radius 1 is 1.78 bits per heavy atom. The summed E-state index contributed by atoms with van der Waals surface area (Å²) in [4.78, 5) is 4.12. The maximum atomic E-state index is 5.31. The van der Waals surface area contributed by atoms with E-state index >= 15 is 0 Å². The molecule has 52 valence electrons. The fourth-order valence-electron chi connectivity index (χ4n) is 0.496. The van der Waals surface area contributed by atoms with E-state index in [4.69, 9.17) is 5.73 Å². The minimum atomic E-state index is 0. The number of thiazole rings is 1. The molecule has 2 N–H and O–H groups in total. The molecule has 0 aliphatic heterocycles. The van der Waals surface area contributed by atoms with E-state index in [0.29, 0.717) is 6.54 Å². The van der Waals surface area contributed by atoms with Gasteiger partial charge in [0.25, 0.3) is 0 Å². The zero-order valence-corrected chi connectivity index (χ0v) is 8.27. The van der Waals surface area contributed by atoms with Gasteiger partial charge in [-0.05, 0) is 6.92 Å². The van der Waals surface area contributed by atoms with Gasteiger partial charge in [-0.25, -0.2) is 4.98 Å². The van der Waals surface area contributed by atoms with E-state index < -0.39 is 0 Å². The number of rotatable bonds is 1. The first kappa shape index (κ1) is 9.32. The lowest BCUT2D eigenvalue weighted by Gasteiger charge is -1.80. The van der Waals surface area contributed by atoms with E-state index in [9.17, 15) is 0 Å². The highest BCUT2D eigenvalue weighted by Crippen LogP contribution is 2.06. The van der Waals surface area contributed by atoms with Gasteiger partial charge in [0.15, 0.2) is 0 Å². The molecular formula is C5H9IN2S. The summed E-state index contributed by atoms with van der Waals surface area (Å²) >= 11 is 1.61. The molecule has 0 atom stereocenters. The molecule has 1 heterocycles. The average Bonchev–Trinajstić information content (AvgIpc) is 2.14. The van der Waals surface area contributed by atoms with E-state index in [-0.39, 0.29) is 24.0 Å². The molecule has 0 bridgehead atoms. The van der Waals surface area contributed by atoms with Crippen molar-refractivity contribution in [1.29, 1.82) is 0 Å². The molecule has 0 aliphatic rings. The quantitative estimate of drug-likeness (QED) is 0.774. The maximum Gasteiger partial charge on any atom is 0.106 e. The summed E-state index contributed by atoms with van der Waals surface area (Å²) in [6.45, 7) is 2.54. The first-order valence-corrected chi connectivity index (χ1v) is 3.32. The summed E-state index contributed by atoms with van der Waals surface area (Å²) < 4.78 is 0. The van der Waals surface area contributed by atoms with Gasteiger partial charge in [-0.3, -0.25) is 0 Å². The van der Waals surface area contributed by atoms with E-state index in [1.165, 1.54) is 0 Å². The van der Waals surface area contributed by atoms with E-state index in [1.54, 1.807) is 11.3 Å². The third-order valence-electron chi connectivity index (χ3n) is 0.841. The molecule has 0 aliphatic carbocycles. The standard InChI is InChI=1S/C5H8N2S.HI/c1-4-3-8-5(2-6)7-4;/h3H,2,6H2,1H3;1H. The van der Waals surface area contributed by atoms with Gasteiger partial charge in [0.2, 0.25) is 0 Å². The van der Waals surface area contributed by atoms with Crippen LogP contribution in [0.5, 0.6) is 0 Å². The van der Waals surface area contributed by atoms with Crippen molar-refractivity contribution in [3.05, 3.63) is 16.1 Å². The lowest BCUT2D eigenvalue weighted by molar-refractivity contribution is 1.02. The molecule has 2 nitrogen and oxygen atoms in total. The molecule has 1 rings (SSSR count). The third kappa shape index (κ3) is 2.59. The Morgan fingerprint density at radius 3 is 2.67 bits per heavy atom. The molecule has 0 amide bonds. The molecule has 9 heavy (non-hydrogen) atoms. The fourth-order valence-corrected chi connectivity index (χ4v) is 1.15. The van der Waals surface area contributed by atoms with Gasteiger partial charge in [-0.15, -0.1) is 35.3 Å². The Balaban J connectivity index is 0.000000640. The third-order valence-corrected chi connectivity index (χ3v) is 1.83. The lowest BCUT2D eigenvalue weighted by Crippen LogP contribution is -1.94. The molecule has 0 saturated heterocycles. The van der Waals surface area contributed by atoms with Crippen molar-refractivity contribution in [3.8, 4) is 0 Å². The average molecular weight is 256 g/mol. The molecule has 0 unspecified atom stereocenters. The van der Waals surface area contributed by atoms with E-state index in [1.807, 2.05) is 12.3 Å². The highest BCUT2D eigenvalue weighted by Gasteiger charge is 1.91. The monoisotopic (exact) mass is 256 g/mol. The summed E-state index contributed by atoms with van der Waals surface area (Å²) in [7, 11) is 0. The van der Waals surface area contributed by atoms with Crippen LogP contribution in [0.2, 0.25) is 0 Å². The Bertz CT molecular complexity index is 175. The van der Waals surface area contributed by atoms with Gasteiger partial charge in [-0.1, -0.05) is 0 Å². The minimum Gasteiger partial charge on any atom is -0.325 e. The van der Waals surface area contributed by atoms with Crippen LogP contribution in [-0.4, -0.2) is 4.98 Å². The summed E-state index contributed by atoms with van der Waals surface area (Å²) in [6.07, 6.45) is 0. The van der Waals surface area contributed by atoms with Gasteiger partial charge in [0.05, 0.1) is 0 Å². The first-order valence-electron chi connectivity index (χ1n) is 2.44. The smallest absolute Gasteiger partial charge is 0.106 e. The van der Waals surface area contributed by atoms with Crippen molar-refractivity contribution in [2.75, 3.05) is 0 Å². The molecule has 0 aromatic carbocycles. The van der Waals surface area contributed by atoms with Crippen LogP contribution >= 0.6 is 35.3 Å². The summed E-state index contributed by atoms with van der Waals surface area (Å²) in [5, 5.41) is 3.02. The van der Waals surface area contributed by atoms with Crippen LogP contribution in [0, 0.1) is 6.92 Å². The summed E-state index contributed by atoms with van der Waals surface area (Å²) in [6, 6.07) is 0. The maximum absolute atomic E-state index is 5.31. The minimum absolute atomic E-state index is 0. The van der Waals surface area contributed by atoms with E-state index in [0.717, 1.165) is 10.7 Å². The van der Waals surface area contributed by atoms with Crippen molar-refractivity contribution in [1.82, 2.24) is 4.98 Å². The second kappa shape index (κ2) is 4.19. The Morgan fingerprint density at radius 2 is 2.44 bits per heavy atom. The molecule has 0 fully saturated rings. The van der Waals surface area contributed by atoms with Crippen LogP contribution in [-0.2, 0) is 6.54 Å². The Labute approximate surface area is 75.5 Å². The van der Waals surface area contributed by atoms with Crippen molar-refractivity contribution in [3.63, 3.8) is 0 Å². The second-order valence-electron chi connectivity index (χ2n) is 1.59. The lowest BCUT2D eigenvalue weighted by atomic mass is 10.6. The topological polar surface area (TPSA) is 38.9 Å². The van der Waals surface area contributed by atoms with Crippen LogP contribution in [0.25, 0.3) is 0 Å². The zero-order chi connectivity index (χ0) is 5.98. The molecular weight excluding hydrogens is 247 g/mol. The molecule has 0 spiro atoms. The Kier molecular flexibility index (Phi) is 4.33. The van der Waals surface area contributed by atoms with Gasteiger partial charge in [0.1, 0.15) is 5.01 Å². The highest BCUT2D eigenvalue weighted by atomic mass is 127. The fraction of sp³-hybridized carbons (Fsp3) is 0.400. The van der Waals surface area contributed by atoms with Crippen LogP contribution in [0.4, 0.5) is 0 Å². The van der Waals surface area contributed by atoms with Crippen molar-refractivity contribution in [2.24, 2.45) is 5.73 Å². The van der Waals surface area contributed by atoms with Gasteiger partial charge in [0, 0.05) is 17.6 Å². The number of aromatic nitrogens is 1. The SMILES string of the molecule is Cc1csc(CN)n1.I. The number of aryl methyl sites for hydroxylation is 1. The predicted octanol–water partition coefficient (Wildman–Crippen LogP) is 1.53. The summed E-state index contributed by atoms with van der Waals surface area (Å²) in [5.41, 5.74) is 6.38. The second-order valence-corrected chi connectivity index (χ2v) is 2.53. The van der Waals surface area contributed by atoms with Crippen LogP contribution in [0.3, 0.4) is 0 Å². The highest BCUT2D eigenvalue weighted by molar-refractivity contribution is 14.0. The van der Waals surface area contributed by atoms with E-state index in [2.05, 4.69) is 4.98 Å². The van der Waals surface area contributed by atoms with Crippen LogP contribution in [0.15, 0.2) is 5.38 Å². The zero-order valence-electron chi connectivity index (χ0n) is 5.13. The van der Waals surface area contributed by atoms with Crippen LogP contribution < -0.4 is 5.73 Å². The van der Waals surface area contributed by atoms with Crippen molar-refractivity contribution in [2.45, 2.75) is 13.5 Å². The molecule has 0 radical (unpaired) electrons. The predicted molar refractivity (Wildman–Crippen MR) is 50.2 cm³/mol. The van der Waals surface area contributed by atoms with Crippen molar-refractivity contribution < 1.29 is 0 Å². The number of hydrogen-bond acceptors (Lipinski definition) is 3. The number of nitrogens with zero attached hydrogens (tertiary/aromatic N) is 1. The summed E-state index contributed by atoms with van der Waals surface area (Å²) in [5.74, 6) is 0. The molecule has 1 aromatic heterocycles. The number of hydrogen-bond donors (Lipinski definition) is 1. The van der Waals surface area contributed by atoms with Gasteiger partial charge >= 0.3 is 0 Å². The Hall–Kier alpha value is 0.320. The van der Waals surface area contributed by atoms with Gasteiger partial charge < -0.3 is 5.73 Å². The first-order chi connectivity index (χ1) is 3.83. The van der Waals surface area contributed by atoms with Gasteiger partial charge in [-0.2, -0.15) is 0 Å². The largest absolute Gasteiger partial charge is 0.325 e. The molecule has 4 heteroatoms. The number of halogens is 1. The molecule has 0 saturated carbocycles. The molecule has 1 aromatic rings. The van der Waals surface area contributed by atoms with Crippen molar-refractivity contribution >= 4 is 35.3 Å².